The predicted molar refractivity (Wildman–Crippen MR) is 96.1 cm³/mol. The lowest BCUT2D eigenvalue weighted by molar-refractivity contribution is -0.146. The van der Waals surface area contributed by atoms with Gasteiger partial charge < -0.3 is 10.5 Å². The van der Waals surface area contributed by atoms with Crippen LogP contribution in [0.2, 0.25) is 0 Å². The molecule has 0 radical (unpaired) electrons. The Bertz CT molecular complexity index is 731. The Balaban J connectivity index is 0.000000187. The van der Waals surface area contributed by atoms with Gasteiger partial charge in [0.2, 0.25) is 0 Å². The van der Waals surface area contributed by atoms with E-state index in [4.69, 9.17) is 10.5 Å². The molecular formula is C19H18BrF3NO2-. The smallest absolute Gasteiger partial charge is 0.416 e. The van der Waals surface area contributed by atoms with Crippen LogP contribution in [0.3, 0.4) is 0 Å². The molecule has 0 atom stereocenters. The summed E-state index contributed by atoms with van der Waals surface area (Å²) >= 11 is 3.07. The number of alkyl halides is 3. The summed E-state index contributed by atoms with van der Waals surface area (Å²) in [5.74, 6) is 0.160. The van der Waals surface area contributed by atoms with Crippen molar-refractivity contribution >= 4 is 21.9 Å². The van der Waals surface area contributed by atoms with Gasteiger partial charge in [0.25, 0.3) is 0 Å². The highest BCUT2D eigenvalue weighted by molar-refractivity contribution is 9.10. The fourth-order valence-electron chi connectivity index (χ4n) is 2.05. The predicted octanol–water partition coefficient (Wildman–Crippen LogP) is 6.16. The summed E-state index contributed by atoms with van der Waals surface area (Å²) in [6.07, 6.45) is -2.31. The molecule has 0 unspecified atom stereocenters. The molecule has 3 rings (SSSR count). The summed E-state index contributed by atoms with van der Waals surface area (Å²) in [7, 11) is 0. The zero-order valence-corrected chi connectivity index (χ0v) is 15.4. The van der Waals surface area contributed by atoms with Crippen molar-refractivity contribution in [3.8, 4) is 0 Å². The van der Waals surface area contributed by atoms with Crippen molar-refractivity contribution < 1.29 is 22.7 Å². The van der Waals surface area contributed by atoms with Crippen molar-refractivity contribution in [2.45, 2.75) is 32.2 Å². The van der Waals surface area contributed by atoms with E-state index in [9.17, 15) is 18.0 Å². The largest absolute Gasteiger partial charge is 0.674 e. The van der Waals surface area contributed by atoms with Crippen molar-refractivity contribution in [1.29, 1.82) is 0 Å². The monoisotopic (exact) mass is 428 g/mol. The van der Waals surface area contributed by atoms with Gasteiger partial charge in [0, 0.05) is 4.47 Å². The molecule has 1 aliphatic carbocycles. The molecular weight excluding hydrogens is 411 g/mol. The number of hydrogen-bond donors (Lipinski definition) is 0. The molecule has 0 aromatic heterocycles. The van der Waals surface area contributed by atoms with Gasteiger partial charge in [0.15, 0.2) is 0 Å². The molecule has 0 saturated heterocycles. The van der Waals surface area contributed by atoms with Crippen LogP contribution >= 0.6 is 15.9 Å². The summed E-state index contributed by atoms with van der Waals surface area (Å²) in [6, 6.07) is 13.0. The molecule has 1 fully saturated rings. The minimum Gasteiger partial charge on any atom is -0.674 e. The molecule has 3 nitrogen and oxygen atoms in total. The van der Waals surface area contributed by atoms with E-state index in [-0.39, 0.29) is 18.4 Å². The Morgan fingerprint density at radius 3 is 2.35 bits per heavy atom. The minimum absolute atomic E-state index is 0.0381. The third-order valence-corrected chi connectivity index (χ3v) is 4.47. The van der Waals surface area contributed by atoms with Crippen LogP contribution in [0.4, 0.5) is 13.2 Å². The Hall–Kier alpha value is -1.86. The first kappa shape index (κ1) is 20.5. The molecule has 0 aliphatic heterocycles. The molecule has 1 N–H and O–H groups in total. The summed E-state index contributed by atoms with van der Waals surface area (Å²) in [5, 5.41) is 0. The number of halogens is 4. The number of carbonyl (C=O) groups excluding carboxylic acids is 1. The lowest BCUT2D eigenvalue weighted by atomic mass is 10.1. The second kappa shape index (κ2) is 9.19. The molecule has 2 aromatic carbocycles. The molecule has 1 aliphatic rings. The van der Waals surface area contributed by atoms with Gasteiger partial charge in [-0.1, -0.05) is 51.8 Å². The van der Waals surface area contributed by atoms with Gasteiger partial charge in [-0.05, 0) is 36.6 Å². The molecule has 0 amide bonds. The number of rotatable bonds is 4. The van der Waals surface area contributed by atoms with Crippen molar-refractivity contribution in [1.82, 2.24) is 0 Å². The first-order valence-electron chi connectivity index (χ1n) is 8.02. The van der Waals surface area contributed by atoms with Crippen molar-refractivity contribution in [2.24, 2.45) is 5.92 Å². The van der Waals surface area contributed by atoms with E-state index >= 15 is 0 Å². The highest BCUT2D eigenvalue weighted by Crippen LogP contribution is 2.32. The van der Waals surface area contributed by atoms with E-state index in [0.717, 1.165) is 30.5 Å². The standard InChI is InChI=1S/C11H12O2.C8H6BrF3N/c12-11(10-6-7-10)13-8-9-4-2-1-3-5-9;9-7-2-1-6(8(10,11)12)3-5(7)4-13/h1-5,10H,6-8H2;1-3,13H,4H2/q;-1. The van der Waals surface area contributed by atoms with Gasteiger partial charge in [-0.15, -0.1) is 6.54 Å². The van der Waals surface area contributed by atoms with Crippen molar-refractivity contribution in [3.05, 3.63) is 75.4 Å². The number of hydrogen-bond acceptors (Lipinski definition) is 2. The van der Waals surface area contributed by atoms with Gasteiger partial charge in [0.05, 0.1) is 11.5 Å². The Labute approximate surface area is 158 Å². The van der Waals surface area contributed by atoms with E-state index in [2.05, 4.69) is 15.9 Å². The molecule has 140 valence electrons. The first-order chi connectivity index (χ1) is 12.3. The van der Waals surface area contributed by atoms with Crippen LogP contribution in [0.5, 0.6) is 0 Å². The lowest BCUT2D eigenvalue weighted by Crippen LogP contribution is -2.05. The highest BCUT2D eigenvalue weighted by Gasteiger charge is 2.31. The van der Waals surface area contributed by atoms with E-state index in [0.29, 0.717) is 16.6 Å². The van der Waals surface area contributed by atoms with Crippen LogP contribution in [0.15, 0.2) is 53.0 Å². The Kier molecular flexibility index (Phi) is 7.23. The SMILES string of the molecule is O=C(OCc1ccccc1)C1CC1.[NH-]Cc1cc(C(F)(F)F)ccc1Br. The number of nitrogens with one attached hydrogen (secondary N) is 1. The summed E-state index contributed by atoms with van der Waals surface area (Å²) in [4.78, 5) is 11.2. The lowest BCUT2D eigenvalue weighted by Gasteiger charge is -2.11. The maximum atomic E-state index is 12.2. The third kappa shape index (κ3) is 6.46. The van der Waals surface area contributed by atoms with E-state index in [1.165, 1.54) is 6.07 Å². The zero-order valence-electron chi connectivity index (χ0n) is 13.9. The number of carbonyl (C=O) groups is 1. The maximum Gasteiger partial charge on any atom is 0.416 e. The normalized spacial score (nSPS) is 13.6. The molecule has 0 spiro atoms. The number of benzene rings is 2. The summed E-state index contributed by atoms with van der Waals surface area (Å²) in [5.41, 5.74) is 7.67. The quantitative estimate of drug-likeness (QED) is 0.547. The molecule has 2 aromatic rings. The highest BCUT2D eigenvalue weighted by atomic mass is 79.9. The topological polar surface area (TPSA) is 50.1 Å². The molecule has 7 heteroatoms. The van der Waals surface area contributed by atoms with Gasteiger partial charge in [0.1, 0.15) is 6.61 Å². The van der Waals surface area contributed by atoms with Gasteiger partial charge in [-0.25, -0.2) is 0 Å². The Morgan fingerprint density at radius 2 is 1.81 bits per heavy atom. The minimum atomic E-state index is -4.33. The second-order valence-corrected chi connectivity index (χ2v) is 6.70. The molecule has 26 heavy (non-hydrogen) atoms. The van der Waals surface area contributed by atoms with Crippen LogP contribution < -0.4 is 0 Å². The first-order valence-corrected chi connectivity index (χ1v) is 8.81. The van der Waals surface area contributed by atoms with Crippen LogP contribution in [0.25, 0.3) is 5.73 Å². The van der Waals surface area contributed by atoms with Crippen LogP contribution in [-0.2, 0) is 28.9 Å². The molecule has 0 bridgehead atoms. The average Bonchev–Trinajstić information content (AvgIpc) is 3.46. The van der Waals surface area contributed by atoms with Crippen LogP contribution in [0, 0.1) is 5.92 Å². The van der Waals surface area contributed by atoms with Crippen molar-refractivity contribution in [2.75, 3.05) is 0 Å². The third-order valence-electron chi connectivity index (χ3n) is 3.70. The second-order valence-electron chi connectivity index (χ2n) is 5.85. The van der Waals surface area contributed by atoms with Gasteiger partial charge in [-0.3, -0.25) is 4.79 Å². The van der Waals surface area contributed by atoms with Crippen molar-refractivity contribution in [3.63, 3.8) is 0 Å². The van der Waals surface area contributed by atoms with Crippen LogP contribution in [0.1, 0.15) is 29.5 Å². The van der Waals surface area contributed by atoms with Gasteiger partial charge >= 0.3 is 12.1 Å². The van der Waals surface area contributed by atoms with E-state index in [1.54, 1.807) is 0 Å². The summed E-state index contributed by atoms with van der Waals surface area (Å²) in [6.45, 7) is 0.251. The Morgan fingerprint density at radius 1 is 1.15 bits per heavy atom. The average molecular weight is 429 g/mol. The fraction of sp³-hybridized carbons (Fsp3) is 0.316. The van der Waals surface area contributed by atoms with E-state index in [1.807, 2.05) is 30.3 Å². The number of ether oxygens (including phenoxy) is 1. The number of esters is 1. The van der Waals surface area contributed by atoms with Crippen LogP contribution in [-0.4, -0.2) is 5.97 Å². The zero-order chi connectivity index (χ0) is 19.2. The molecule has 0 heterocycles. The maximum absolute atomic E-state index is 12.2. The summed E-state index contributed by atoms with van der Waals surface area (Å²) < 4.78 is 42.1. The van der Waals surface area contributed by atoms with E-state index < -0.39 is 11.7 Å². The van der Waals surface area contributed by atoms with Gasteiger partial charge in [-0.2, -0.15) is 13.2 Å². The molecule has 1 saturated carbocycles. The fourth-order valence-corrected chi connectivity index (χ4v) is 2.44.